The average Bonchev–Trinajstić information content (AvgIpc) is 3.07. The Morgan fingerprint density at radius 1 is 1.29 bits per heavy atom. The van der Waals surface area contributed by atoms with Crippen LogP contribution in [0.5, 0.6) is 0 Å². The highest BCUT2D eigenvalue weighted by Crippen LogP contribution is 2.33. The maximum Gasteiger partial charge on any atom is 0.193 e. The SMILES string of the molecule is CCCC1(C)CCCN(C(=NCCCc2nnc3ccccn23)NCC)C1.I. The highest BCUT2D eigenvalue weighted by molar-refractivity contribution is 14.0. The lowest BCUT2D eigenvalue weighted by molar-refractivity contribution is 0.142. The number of pyridine rings is 1. The molecule has 1 aliphatic heterocycles. The van der Waals surface area contributed by atoms with E-state index in [1.54, 1.807) is 0 Å². The molecule has 3 heterocycles. The van der Waals surface area contributed by atoms with Crippen molar-refractivity contribution in [3.63, 3.8) is 0 Å². The highest BCUT2D eigenvalue weighted by atomic mass is 127. The normalized spacial score (nSPS) is 20.2. The van der Waals surface area contributed by atoms with Crippen LogP contribution in [0.3, 0.4) is 0 Å². The largest absolute Gasteiger partial charge is 0.357 e. The zero-order valence-corrected chi connectivity index (χ0v) is 19.9. The number of hydrogen-bond donors (Lipinski definition) is 1. The Labute approximate surface area is 186 Å². The van der Waals surface area contributed by atoms with Crippen LogP contribution in [0.25, 0.3) is 5.65 Å². The number of nitrogens with one attached hydrogen (secondary N) is 1. The van der Waals surface area contributed by atoms with E-state index < -0.39 is 0 Å². The van der Waals surface area contributed by atoms with E-state index in [1.165, 1.54) is 25.7 Å². The average molecular weight is 498 g/mol. The number of nitrogens with zero attached hydrogens (tertiary/aromatic N) is 5. The first-order valence-electron chi connectivity index (χ1n) is 10.5. The molecule has 2 aromatic heterocycles. The molecular weight excluding hydrogens is 463 g/mol. The molecule has 156 valence electrons. The quantitative estimate of drug-likeness (QED) is 0.270. The fourth-order valence-corrected chi connectivity index (χ4v) is 4.21. The van der Waals surface area contributed by atoms with E-state index in [9.17, 15) is 0 Å². The van der Waals surface area contributed by atoms with Crippen molar-refractivity contribution in [3.05, 3.63) is 30.2 Å². The molecule has 0 spiro atoms. The van der Waals surface area contributed by atoms with Gasteiger partial charge in [0.15, 0.2) is 11.6 Å². The second kappa shape index (κ2) is 11.0. The maximum atomic E-state index is 4.92. The molecule has 28 heavy (non-hydrogen) atoms. The van der Waals surface area contributed by atoms with Gasteiger partial charge in [0.25, 0.3) is 0 Å². The van der Waals surface area contributed by atoms with Gasteiger partial charge in [0.1, 0.15) is 5.82 Å². The molecule has 0 bridgehead atoms. The third-order valence-electron chi connectivity index (χ3n) is 5.47. The summed E-state index contributed by atoms with van der Waals surface area (Å²) in [5, 5.41) is 12.0. The number of aliphatic imine (C=N–C) groups is 1. The van der Waals surface area contributed by atoms with Gasteiger partial charge < -0.3 is 10.2 Å². The summed E-state index contributed by atoms with van der Waals surface area (Å²) in [5.41, 5.74) is 1.33. The predicted octanol–water partition coefficient (Wildman–Crippen LogP) is 4.15. The monoisotopic (exact) mass is 498 g/mol. The van der Waals surface area contributed by atoms with Gasteiger partial charge >= 0.3 is 0 Å². The molecule has 3 rings (SSSR count). The summed E-state index contributed by atoms with van der Waals surface area (Å²) in [7, 11) is 0. The van der Waals surface area contributed by atoms with Gasteiger partial charge in [-0.3, -0.25) is 9.39 Å². The van der Waals surface area contributed by atoms with E-state index >= 15 is 0 Å². The van der Waals surface area contributed by atoms with Gasteiger partial charge in [-0.25, -0.2) is 0 Å². The Bertz CT molecular complexity index is 754. The molecule has 6 nitrogen and oxygen atoms in total. The minimum absolute atomic E-state index is 0. The molecule has 0 radical (unpaired) electrons. The van der Waals surface area contributed by atoms with Gasteiger partial charge in [0.2, 0.25) is 0 Å². The number of piperidine rings is 1. The Morgan fingerprint density at radius 3 is 2.93 bits per heavy atom. The third-order valence-corrected chi connectivity index (χ3v) is 5.47. The summed E-state index contributed by atoms with van der Waals surface area (Å²) in [4.78, 5) is 7.38. The summed E-state index contributed by atoms with van der Waals surface area (Å²) >= 11 is 0. The summed E-state index contributed by atoms with van der Waals surface area (Å²) in [6.45, 7) is 10.8. The lowest BCUT2D eigenvalue weighted by Gasteiger charge is -2.42. The van der Waals surface area contributed by atoms with Crippen LogP contribution >= 0.6 is 24.0 Å². The van der Waals surface area contributed by atoms with Gasteiger partial charge in [-0.05, 0) is 50.2 Å². The third kappa shape index (κ3) is 5.81. The Morgan fingerprint density at radius 2 is 2.14 bits per heavy atom. The van der Waals surface area contributed by atoms with Crippen LogP contribution in [-0.4, -0.2) is 51.6 Å². The van der Waals surface area contributed by atoms with Crippen molar-refractivity contribution in [1.29, 1.82) is 0 Å². The van der Waals surface area contributed by atoms with Crippen molar-refractivity contribution in [3.8, 4) is 0 Å². The molecule has 1 saturated heterocycles. The fraction of sp³-hybridized carbons (Fsp3) is 0.667. The second-order valence-corrected chi connectivity index (χ2v) is 7.97. The Hall–Kier alpha value is -1.38. The van der Waals surface area contributed by atoms with Crippen molar-refractivity contribution in [1.82, 2.24) is 24.8 Å². The summed E-state index contributed by atoms with van der Waals surface area (Å²) in [5.74, 6) is 2.09. The number of hydrogen-bond acceptors (Lipinski definition) is 3. The minimum Gasteiger partial charge on any atom is -0.357 e. The summed E-state index contributed by atoms with van der Waals surface area (Å²) < 4.78 is 2.07. The fourth-order valence-electron chi connectivity index (χ4n) is 4.21. The predicted molar refractivity (Wildman–Crippen MR) is 127 cm³/mol. The molecule has 0 amide bonds. The standard InChI is InChI=1S/C21H34N6.HI/c1-4-12-21(3)13-9-15-26(17-21)20(22-5-2)23-14-8-11-19-25-24-18-10-6-7-16-27(18)19;/h6-7,10,16H,4-5,8-9,11-15,17H2,1-3H3,(H,22,23);1H. The van der Waals surface area contributed by atoms with Crippen LogP contribution in [0.15, 0.2) is 29.4 Å². The van der Waals surface area contributed by atoms with Crippen molar-refractivity contribution in [2.75, 3.05) is 26.2 Å². The molecule has 0 aromatic carbocycles. The van der Waals surface area contributed by atoms with E-state index in [-0.39, 0.29) is 24.0 Å². The van der Waals surface area contributed by atoms with E-state index in [0.717, 1.165) is 56.5 Å². The smallest absolute Gasteiger partial charge is 0.193 e. The first-order chi connectivity index (χ1) is 13.1. The van der Waals surface area contributed by atoms with E-state index in [0.29, 0.717) is 5.41 Å². The summed E-state index contributed by atoms with van der Waals surface area (Å²) in [6.07, 6.45) is 9.03. The lowest BCUT2D eigenvalue weighted by Crippen LogP contribution is -2.49. The molecule has 1 fully saturated rings. The van der Waals surface area contributed by atoms with Crippen LogP contribution < -0.4 is 5.32 Å². The van der Waals surface area contributed by atoms with Crippen LogP contribution in [0.2, 0.25) is 0 Å². The van der Waals surface area contributed by atoms with Gasteiger partial charge in [0.05, 0.1) is 0 Å². The van der Waals surface area contributed by atoms with E-state index in [4.69, 9.17) is 4.99 Å². The number of fused-ring (bicyclic) bond motifs is 1. The van der Waals surface area contributed by atoms with Crippen molar-refractivity contribution < 1.29 is 0 Å². The maximum absolute atomic E-state index is 4.92. The molecule has 0 aliphatic carbocycles. The highest BCUT2D eigenvalue weighted by Gasteiger charge is 2.31. The second-order valence-electron chi connectivity index (χ2n) is 7.97. The number of halogens is 1. The first kappa shape index (κ1) is 22.9. The molecule has 1 N–H and O–H groups in total. The molecule has 1 unspecified atom stereocenters. The summed E-state index contributed by atoms with van der Waals surface area (Å²) in [6, 6.07) is 6.00. The van der Waals surface area contributed by atoms with Gasteiger partial charge in [-0.2, -0.15) is 0 Å². The van der Waals surface area contributed by atoms with Gasteiger partial charge in [0, 0.05) is 38.8 Å². The lowest BCUT2D eigenvalue weighted by atomic mass is 9.78. The molecule has 2 aromatic rings. The number of aromatic nitrogens is 3. The zero-order chi connectivity index (χ0) is 19.1. The topological polar surface area (TPSA) is 57.8 Å². The minimum atomic E-state index is 0. The number of aryl methyl sites for hydroxylation is 1. The number of rotatable bonds is 7. The van der Waals surface area contributed by atoms with Crippen LogP contribution in [0.4, 0.5) is 0 Å². The zero-order valence-electron chi connectivity index (χ0n) is 17.5. The van der Waals surface area contributed by atoms with E-state index in [2.05, 4.69) is 45.6 Å². The molecule has 7 heteroatoms. The van der Waals surface area contributed by atoms with Crippen LogP contribution in [0.1, 0.15) is 58.7 Å². The van der Waals surface area contributed by atoms with Crippen LogP contribution in [-0.2, 0) is 6.42 Å². The Kier molecular flexibility index (Phi) is 8.98. The number of likely N-dealkylation sites (tertiary alicyclic amines) is 1. The molecule has 1 aliphatic rings. The molecular formula is C21H35IN6. The van der Waals surface area contributed by atoms with Crippen LogP contribution in [0, 0.1) is 5.41 Å². The van der Waals surface area contributed by atoms with Crippen molar-refractivity contribution in [2.45, 2.75) is 59.3 Å². The van der Waals surface area contributed by atoms with Gasteiger partial charge in [-0.15, -0.1) is 34.2 Å². The van der Waals surface area contributed by atoms with Gasteiger partial charge in [-0.1, -0.05) is 26.3 Å². The molecule has 1 atom stereocenters. The Balaban J connectivity index is 0.00000280. The van der Waals surface area contributed by atoms with E-state index in [1.807, 2.05) is 24.4 Å². The van der Waals surface area contributed by atoms with Crippen molar-refractivity contribution in [2.24, 2.45) is 10.4 Å². The number of guanidine groups is 1. The molecule has 0 saturated carbocycles. The van der Waals surface area contributed by atoms with Crippen molar-refractivity contribution >= 4 is 35.6 Å². The first-order valence-corrected chi connectivity index (χ1v) is 10.5.